The summed E-state index contributed by atoms with van der Waals surface area (Å²) in [6, 6.07) is 14.0. The zero-order valence-electron chi connectivity index (χ0n) is 13.1. The first-order chi connectivity index (χ1) is 12.2. The van der Waals surface area contributed by atoms with Crippen molar-refractivity contribution in [3.05, 3.63) is 53.6 Å². The van der Waals surface area contributed by atoms with Crippen molar-refractivity contribution in [1.82, 2.24) is 10.2 Å². The summed E-state index contributed by atoms with van der Waals surface area (Å²) < 4.78 is 15.8. The molecule has 0 amide bonds. The fourth-order valence-corrected chi connectivity index (χ4v) is 2.63. The topological polar surface area (TPSA) is 74.5 Å². The van der Waals surface area contributed by atoms with Gasteiger partial charge in [0.25, 0.3) is 5.22 Å². The SMILES string of the molecule is COc1ccc(-c2nnc(SCC(=O)Oc3ccccc3Cl)o2)cc1. The van der Waals surface area contributed by atoms with E-state index in [0.717, 1.165) is 23.1 Å². The number of ether oxygens (including phenoxy) is 2. The maximum absolute atomic E-state index is 11.9. The average molecular weight is 377 g/mol. The second-order valence-electron chi connectivity index (χ2n) is 4.79. The Bertz CT molecular complexity index is 867. The second-order valence-corrected chi connectivity index (χ2v) is 6.13. The molecule has 0 fully saturated rings. The number of esters is 1. The highest BCUT2D eigenvalue weighted by Gasteiger charge is 2.13. The van der Waals surface area contributed by atoms with E-state index in [9.17, 15) is 4.79 Å². The molecule has 1 heterocycles. The number of thioether (sulfide) groups is 1. The van der Waals surface area contributed by atoms with Gasteiger partial charge in [0.15, 0.2) is 0 Å². The van der Waals surface area contributed by atoms with Crippen molar-refractivity contribution in [2.24, 2.45) is 0 Å². The van der Waals surface area contributed by atoms with Crippen LogP contribution in [0, 0.1) is 0 Å². The normalized spacial score (nSPS) is 10.5. The van der Waals surface area contributed by atoms with Crippen molar-refractivity contribution in [3.63, 3.8) is 0 Å². The van der Waals surface area contributed by atoms with Crippen LogP contribution in [0.2, 0.25) is 5.02 Å². The molecule has 25 heavy (non-hydrogen) atoms. The third-order valence-corrected chi connectivity index (χ3v) is 4.22. The fraction of sp³-hybridized carbons (Fsp3) is 0.118. The van der Waals surface area contributed by atoms with E-state index in [1.807, 2.05) is 12.1 Å². The molecule has 0 bridgehead atoms. The number of halogens is 1. The number of methoxy groups -OCH3 is 1. The van der Waals surface area contributed by atoms with E-state index in [1.54, 1.807) is 43.5 Å². The summed E-state index contributed by atoms with van der Waals surface area (Å²) in [5.41, 5.74) is 0.763. The summed E-state index contributed by atoms with van der Waals surface area (Å²) in [7, 11) is 1.60. The van der Waals surface area contributed by atoms with Crippen LogP contribution < -0.4 is 9.47 Å². The van der Waals surface area contributed by atoms with Crippen molar-refractivity contribution >= 4 is 29.3 Å². The van der Waals surface area contributed by atoms with Crippen LogP contribution in [0.3, 0.4) is 0 Å². The van der Waals surface area contributed by atoms with Gasteiger partial charge in [-0.25, -0.2) is 0 Å². The van der Waals surface area contributed by atoms with Gasteiger partial charge in [0.1, 0.15) is 17.3 Å². The second kappa shape index (κ2) is 8.04. The van der Waals surface area contributed by atoms with Crippen molar-refractivity contribution in [2.45, 2.75) is 5.22 Å². The lowest BCUT2D eigenvalue weighted by atomic mass is 10.2. The van der Waals surface area contributed by atoms with Crippen molar-refractivity contribution in [1.29, 1.82) is 0 Å². The Balaban J connectivity index is 1.58. The first kappa shape index (κ1) is 17.3. The zero-order chi connectivity index (χ0) is 17.6. The lowest BCUT2D eigenvalue weighted by Crippen LogP contribution is -2.10. The Hall–Kier alpha value is -2.51. The van der Waals surface area contributed by atoms with Gasteiger partial charge in [0.05, 0.1) is 12.1 Å². The minimum atomic E-state index is -0.456. The number of hydrogen-bond donors (Lipinski definition) is 0. The molecule has 0 saturated carbocycles. The van der Waals surface area contributed by atoms with Crippen molar-refractivity contribution < 1.29 is 18.7 Å². The predicted octanol–water partition coefficient (Wildman–Crippen LogP) is 4.10. The summed E-state index contributed by atoms with van der Waals surface area (Å²) in [6.07, 6.45) is 0. The smallest absolute Gasteiger partial charge is 0.321 e. The molecule has 8 heteroatoms. The number of aromatic nitrogens is 2. The van der Waals surface area contributed by atoms with Gasteiger partial charge < -0.3 is 13.9 Å². The van der Waals surface area contributed by atoms with E-state index in [-0.39, 0.29) is 11.0 Å². The highest BCUT2D eigenvalue weighted by molar-refractivity contribution is 7.99. The van der Waals surface area contributed by atoms with Gasteiger partial charge in [-0.05, 0) is 36.4 Å². The molecule has 3 rings (SSSR count). The third kappa shape index (κ3) is 4.52. The molecule has 3 aromatic rings. The maximum Gasteiger partial charge on any atom is 0.321 e. The molecule has 0 unspecified atom stereocenters. The molecular weight excluding hydrogens is 364 g/mol. The molecule has 0 atom stereocenters. The van der Waals surface area contributed by atoms with E-state index in [0.29, 0.717) is 16.7 Å². The largest absolute Gasteiger partial charge is 0.497 e. The quantitative estimate of drug-likeness (QED) is 0.364. The van der Waals surface area contributed by atoms with Crippen LogP contribution in [-0.2, 0) is 4.79 Å². The molecule has 0 saturated heterocycles. The number of benzene rings is 2. The summed E-state index contributed by atoms with van der Waals surface area (Å²) in [5.74, 6) is 0.987. The van der Waals surface area contributed by atoms with Crippen LogP contribution >= 0.6 is 23.4 Å². The van der Waals surface area contributed by atoms with Crippen LogP contribution in [0.25, 0.3) is 11.5 Å². The summed E-state index contributed by atoms with van der Waals surface area (Å²) in [5, 5.41) is 8.53. The third-order valence-electron chi connectivity index (χ3n) is 3.12. The van der Waals surface area contributed by atoms with Gasteiger partial charge in [0.2, 0.25) is 5.89 Å². The van der Waals surface area contributed by atoms with Crippen LogP contribution in [0.4, 0.5) is 0 Å². The predicted molar refractivity (Wildman–Crippen MR) is 94.1 cm³/mol. The van der Waals surface area contributed by atoms with Crippen LogP contribution in [0.15, 0.2) is 58.2 Å². The Kier molecular flexibility index (Phi) is 5.57. The summed E-state index contributed by atoms with van der Waals surface area (Å²) in [4.78, 5) is 11.9. The van der Waals surface area contributed by atoms with Crippen LogP contribution in [-0.4, -0.2) is 29.0 Å². The summed E-state index contributed by atoms with van der Waals surface area (Å²) in [6.45, 7) is 0. The number of nitrogens with zero attached hydrogens (tertiary/aromatic N) is 2. The Morgan fingerprint density at radius 1 is 1.16 bits per heavy atom. The zero-order valence-corrected chi connectivity index (χ0v) is 14.7. The number of carbonyl (C=O) groups is 1. The van der Waals surface area contributed by atoms with Crippen molar-refractivity contribution in [3.8, 4) is 23.0 Å². The highest BCUT2D eigenvalue weighted by atomic mass is 35.5. The molecule has 2 aromatic carbocycles. The Labute approximate surface area is 153 Å². The van der Waals surface area contributed by atoms with Gasteiger partial charge in [0, 0.05) is 5.56 Å². The van der Waals surface area contributed by atoms with Gasteiger partial charge in [-0.2, -0.15) is 0 Å². The van der Waals surface area contributed by atoms with Crippen LogP contribution in [0.1, 0.15) is 0 Å². The molecule has 128 valence electrons. The first-order valence-electron chi connectivity index (χ1n) is 7.21. The number of para-hydroxylation sites is 1. The molecule has 0 aliphatic carbocycles. The molecule has 6 nitrogen and oxygen atoms in total. The van der Waals surface area contributed by atoms with E-state index in [4.69, 9.17) is 25.5 Å². The highest BCUT2D eigenvalue weighted by Crippen LogP contribution is 2.26. The summed E-state index contributed by atoms with van der Waals surface area (Å²) >= 11 is 7.04. The van der Waals surface area contributed by atoms with E-state index >= 15 is 0 Å². The molecule has 0 radical (unpaired) electrons. The molecule has 0 spiro atoms. The van der Waals surface area contributed by atoms with Gasteiger partial charge in [-0.15, -0.1) is 10.2 Å². The number of hydrogen-bond acceptors (Lipinski definition) is 7. The van der Waals surface area contributed by atoms with E-state index in [2.05, 4.69) is 10.2 Å². The first-order valence-corrected chi connectivity index (χ1v) is 8.58. The minimum absolute atomic E-state index is 0.0233. The molecule has 0 aliphatic heterocycles. The fourth-order valence-electron chi connectivity index (χ4n) is 1.92. The average Bonchev–Trinajstić information content (AvgIpc) is 3.11. The van der Waals surface area contributed by atoms with Gasteiger partial charge >= 0.3 is 5.97 Å². The molecule has 1 aromatic heterocycles. The van der Waals surface area contributed by atoms with Gasteiger partial charge in [-0.1, -0.05) is 35.5 Å². The Morgan fingerprint density at radius 2 is 1.92 bits per heavy atom. The standard InChI is InChI=1S/C17H13ClN2O4S/c1-22-12-8-6-11(7-9-12)16-19-20-17(24-16)25-10-15(21)23-14-5-3-2-4-13(14)18/h2-9H,10H2,1H3. The Morgan fingerprint density at radius 3 is 2.64 bits per heavy atom. The monoisotopic (exact) mass is 376 g/mol. The van der Waals surface area contributed by atoms with E-state index < -0.39 is 5.97 Å². The molecule has 0 aliphatic rings. The lowest BCUT2D eigenvalue weighted by Gasteiger charge is -2.04. The lowest BCUT2D eigenvalue weighted by molar-refractivity contribution is -0.131. The molecular formula is C17H13ClN2O4S. The maximum atomic E-state index is 11.9. The van der Waals surface area contributed by atoms with Crippen LogP contribution in [0.5, 0.6) is 11.5 Å². The van der Waals surface area contributed by atoms with Crippen molar-refractivity contribution in [2.75, 3.05) is 12.9 Å². The minimum Gasteiger partial charge on any atom is -0.497 e. The number of carbonyl (C=O) groups excluding carboxylic acids is 1. The van der Waals surface area contributed by atoms with E-state index in [1.165, 1.54) is 0 Å². The number of rotatable bonds is 6. The molecule has 0 N–H and O–H groups in total. The van der Waals surface area contributed by atoms with Gasteiger partial charge in [-0.3, -0.25) is 4.79 Å².